The van der Waals surface area contributed by atoms with Crippen LogP contribution in [0.4, 0.5) is 13.2 Å². The molecule has 1 atom stereocenters. The molecule has 1 unspecified atom stereocenters. The van der Waals surface area contributed by atoms with Gasteiger partial charge in [0, 0.05) is 11.1 Å². The molecule has 0 saturated carbocycles. The smallest absolute Gasteiger partial charge is 0.435 e. The third-order valence-corrected chi connectivity index (χ3v) is 5.09. The van der Waals surface area contributed by atoms with Crippen molar-refractivity contribution in [3.63, 3.8) is 0 Å². The Morgan fingerprint density at radius 1 is 1.29 bits per heavy atom. The maximum atomic E-state index is 12.6. The van der Waals surface area contributed by atoms with E-state index in [4.69, 9.17) is 4.42 Å². The van der Waals surface area contributed by atoms with E-state index in [0.717, 1.165) is 22.8 Å². The van der Waals surface area contributed by atoms with Crippen molar-refractivity contribution in [1.82, 2.24) is 9.97 Å². The molecule has 0 fully saturated rings. The Hall–Kier alpha value is -1.87. The molecule has 0 aliphatic rings. The van der Waals surface area contributed by atoms with Crippen molar-refractivity contribution in [2.75, 3.05) is 5.75 Å². The van der Waals surface area contributed by atoms with Gasteiger partial charge in [0.15, 0.2) is 16.4 Å². The van der Waals surface area contributed by atoms with Crippen molar-refractivity contribution < 1.29 is 21.8 Å². The maximum absolute atomic E-state index is 12.6. The average molecular weight is 372 g/mol. The lowest BCUT2D eigenvalue weighted by Gasteiger charge is -2.04. The van der Waals surface area contributed by atoms with Gasteiger partial charge < -0.3 is 4.42 Å². The second kappa shape index (κ2) is 6.56. The van der Waals surface area contributed by atoms with Gasteiger partial charge in [0.2, 0.25) is 5.89 Å². The van der Waals surface area contributed by atoms with Crippen LogP contribution in [0.3, 0.4) is 0 Å². The molecule has 9 heteroatoms. The van der Waals surface area contributed by atoms with Gasteiger partial charge in [0.1, 0.15) is 11.2 Å². The lowest BCUT2D eigenvalue weighted by Crippen LogP contribution is -2.16. The van der Waals surface area contributed by atoms with Crippen LogP contribution in [0.15, 0.2) is 50.7 Å². The highest BCUT2D eigenvalue weighted by atomic mass is 32.2. The van der Waals surface area contributed by atoms with Gasteiger partial charge in [-0.25, -0.2) is 14.2 Å². The van der Waals surface area contributed by atoms with Gasteiger partial charge in [-0.1, -0.05) is 6.92 Å². The fraction of sp³-hybridized carbons (Fsp3) is 0.200. The average Bonchev–Trinajstić information content (AvgIpc) is 2.97. The number of thioether (sulfide) groups is 1. The summed E-state index contributed by atoms with van der Waals surface area (Å²) in [5.74, 6) is 1.05. The Labute approximate surface area is 141 Å². The van der Waals surface area contributed by atoms with Crippen molar-refractivity contribution >= 4 is 33.7 Å². The van der Waals surface area contributed by atoms with E-state index >= 15 is 0 Å². The van der Waals surface area contributed by atoms with E-state index in [1.807, 2.05) is 13.0 Å². The molecule has 3 rings (SSSR count). The van der Waals surface area contributed by atoms with Crippen molar-refractivity contribution in [3.05, 3.63) is 36.5 Å². The summed E-state index contributed by atoms with van der Waals surface area (Å²) >= 11 is 1.56. The van der Waals surface area contributed by atoms with Gasteiger partial charge in [-0.3, -0.25) is 0 Å². The minimum Gasteiger partial charge on any atom is -0.435 e. The number of pyridine rings is 1. The Morgan fingerprint density at radius 2 is 2.08 bits per heavy atom. The summed E-state index contributed by atoms with van der Waals surface area (Å²) in [7, 11) is -3.10. The molecule has 0 aliphatic heterocycles. The number of rotatable bonds is 4. The molecule has 4 nitrogen and oxygen atoms in total. The number of hydrogen-bond donors (Lipinski definition) is 0. The Morgan fingerprint density at radius 3 is 2.79 bits per heavy atom. The quantitative estimate of drug-likeness (QED) is 0.625. The molecular formula is C15H11F3N2O2S2. The molecule has 3 aromatic rings. The minimum absolute atomic E-state index is 0.207. The van der Waals surface area contributed by atoms with Crippen molar-refractivity contribution in [2.24, 2.45) is 0 Å². The number of alkyl halides is 3. The number of benzene rings is 1. The molecule has 0 aliphatic carbocycles. The first-order valence-corrected chi connectivity index (χ1v) is 9.01. The second-order valence-electron chi connectivity index (χ2n) is 4.65. The molecule has 2 aromatic heterocycles. The topological polar surface area (TPSA) is 56.0 Å². The summed E-state index contributed by atoms with van der Waals surface area (Å²) in [6, 6.07) is 7.24. The van der Waals surface area contributed by atoms with E-state index in [1.165, 1.54) is 6.07 Å². The molecule has 0 amide bonds. The van der Waals surface area contributed by atoms with E-state index < -0.39 is 16.3 Å². The Bertz CT molecular complexity index is 909. The number of fused-ring (bicyclic) bond motifs is 1. The highest BCUT2D eigenvalue weighted by Gasteiger charge is 2.38. The van der Waals surface area contributed by atoms with E-state index in [0.29, 0.717) is 11.3 Å². The highest BCUT2D eigenvalue weighted by molar-refractivity contribution is 7.99. The van der Waals surface area contributed by atoms with E-state index in [2.05, 4.69) is 9.97 Å². The molecular weight excluding hydrogens is 361 g/mol. The van der Waals surface area contributed by atoms with Crippen LogP contribution in [0.1, 0.15) is 6.92 Å². The van der Waals surface area contributed by atoms with Crippen LogP contribution in [-0.4, -0.2) is 25.4 Å². The van der Waals surface area contributed by atoms with Crippen molar-refractivity contribution in [2.45, 2.75) is 22.2 Å². The molecule has 0 N–H and O–H groups in total. The monoisotopic (exact) mass is 372 g/mol. The predicted molar refractivity (Wildman–Crippen MR) is 86.1 cm³/mol. The highest BCUT2D eigenvalue weighted by Crippen LogP contribution is 2.33. The number of aromatic nitrogens is 2. The molecule has 24 heavy (non-hydrogen) atoms. The van der Waals surface area contributed by atoms with Crippen LogP contribution in [0, 0.1) is 0 Å². The van der Waals surface area contributed by atoms with E-state index in [1.54, 1.807) is 24.0 Å². The summed E-state index contributed by atoms with van der Waals surface area (Å²) in [5.41, 5.74) is -3.77. The van der Waals surface area contributed by atoms with E-state index in [-0.39, 0.29) is 16.3 Å². The first kappa shape index (κ1) is 17.0. The zero-order valence-corrected chi connectivity index (χ0v) is 14.0. The Kier molecular flexibility index (Phi) is 4.64. The largest absolute Gasteiger partial charge is 0.475 e. The molecule has 2 heterocycles. The lowest BCUT2D eigenvalue weighted by atomic mass is 10.3. The first-order valence-electron chi connectivity index (χ1n) is 6.87. The van der Waals surface area contributed by atoms with Crippen molar-refractivity contribution in [1.29, 1.82) is 0 Å². The van der Waals surface area contributed by atoms with Crippen LogP contribution in [0.5, 0.6) is 0 Å². The molecule has 0 radical (unpaired) electrons. The summed E-state index contributed by atoms with van der Waals surface area (Å²) < 4.78 is 54.8. The number of halogens is 3. The summed E-state index contributed by atoms with van der Waals surface area (Å²) in [6.07, 6.45) is 1.59. The summed E-state index contributed by atoms with van der Waals surface area (Å²) in [4.78, 5) is 8.95. The number of hydrogen-bond acceptors (Lipinski definition) is 5. The van der Waals surface area contributed by atoms with Gasteiger partial charge >= 0.3 is 5.51 Å². The van der Waals surface area contributed by atoms with Crippen LogP contribution >= 0.6 is 11.8 Å². The molecule has 0 spiro atoms. The molecule has 0 saturated heterocycles. The predicted octanol–water partition coefficient (Wildman–Crippen LogP) is 4.63. The molecule has 0 bridgehead atoms. The zero-order valence-electron chi connectivity index (χ0n) is 12.3. The fourth-order valence-corrected chi connectivity index (χ4v) is 3.52. The van der Waals surface area contributed by atoms with Gasteiger partial charge in [-0.05, 0) is 36.1 Å². The van der Waals surface area contributed by atoms with Crippen LogP contribution in [0.2, 0.25) is 0 Å². The first-order chi connectivity index (χ1) is 11.4. The van der Waals surface area contributed by atoms with Crippen LogP contribution in [0.25, 0.3) is 22.7 Å². The van der Waals surface area contributed by atoms with Gasteiger partial charge in [-0.2, -0.15) is 13.2 Å². The zero-order chi connectivity index (χ0) is 17.3. The van der Waals surface area contributed by atoms with Crippen molar-refractivity contribution in [3.8, 4) is 11.6 Å². The normalized spacial score (nSPS) is 13.3. The van der Waals surface area contributed by atoms with Crippen LogP contribution in [-0.2, 0) is 10.8 Å². The summed E-state index contributed by atoms with van der Waals surface area (Å²) in [5, 5.41) is 0. The molecule has 1 aromatic carbocycles. The fourth-order valence-electron chi connectivity index (χ4n) is 2.08. The second-order valence-corrected chi connectivity index (χ2v) is 7.42. The third-order valence-electron chi connectivity index (χ3n) is 3.06. The van der Waals surface area contributed by atoms with Gasteiger partial charge in [0.05, 0.1) is 4.90 Å². The minimum atomic E-state index is -4.81. The van der Waals surface area contributed by atoms with Crippen LogP contribution < -0.4 is 0 Å². The number of oxazole rings is 1. The third kappa shape index (κ3) is 3.32. The standard InChI is InChI=1S/C15H11F3N2O2S2/c1-2-23-12-4-3-7-19-13(12)14-20-10-8-9(5-6-11(10)22-14)24(21)15(16,17)18/h3-8H,2H2,1H3. The van der Waals surface area contributed by atoms with Gasteiger partial charge in [-0.15, -0.1) is 11.8 Å². The summed E-state index contributed by atoms with van der Waals surface area (Å²) in [6.45, 7) is 1.99. The number of nitrogens with zero attached hydrogens (tertiary/aromatic N) is 2. The van der Waals surface area contributed by atoms with E-state index in [9.17, 15) is 17.4 Å². The lowest BCUT2D eigenvalue weighted by molar-refractivity contribution is -0.0384. The molecule has 126 valence electrons. The SMILES string of the molecule is CCSc1cccnc1-c1nc2cc(S(=O)C(F)(F)F)ccc2o1. The Balaban J connectivity index is 2.05. The maximum Gasteiger partial charge on any atom is 0.475 e. The van der Waals surface area contributed by atoms with Gasteiger partial charge in [0.25, 0.3) is 0 Å².